The van der Waals surface area contributed by atoms with Gasteiger partial charge in [-0.15, -0.1) is 0 Å². The summed E-state index contributed by atoms with van der Waals surface area (Å²) < 4.78 is 18.5. The van der Waals surface area contributed by atoms with Gasteiger partial charge in [0.1, 0.15) is 17.1 Å². The second kappa shape index (κ2) is 6.37. The molecule has 0 aliphatic heterocycles. The number of halogens is 1. The van der Waals surface area contributed by atoms with Crippen LogP contribution in [0, 0.1) is 5.82 Å². The highest BCUT2D eigenvalue weighted by Gasteiger charge is 2.16. The average Bonchev–Trinajstić information content (AvgIpc) is 2.24. The van der Waals surface area contributed by atoms with Crippen molar-refractivity contribution in [3.63, 3.8) is 0 Å². The molecule has 1 aromatic rings. The number of carboxylic acid groups (broad SMARTS) is 1. The smallest absolute Gasteiger partial charge is 0.342 e. The van der Waals surface area contributed by atoms with E-state index < -0.39 is 17.3 Å². The van der Waals surface area contributed by atoms with Crippen LogP contribution in [0.4, 0.5) is 4.39 Å². The third-order valence-corrected chi connectivity index (χ3v) is 2.64. The molecule has 0 aromatic heterocycles. The van der Waals surface area contributed by atoms with E-state index in [1.165, 1.54) is 12.1 Å². The second-order valence-corrected chi connectivity index (χ2v) is 4.10. The van der Waals surface area contributed by atoms with E-state index in [2.05, 4.69) is 0 Å². The Bertz CT molecular complexity index is 368. The molecule has 0 atom stereocenters. The molecule has 88 valence electrons. The van der Waals surface area contributed by atoms with Crippen LogP contribution in [0.3, 0.4) is 0 Å². The fraction of sp³-hybridized carbons (Fsp3) is 0.364. The third-order valence-electron chi connectivity index (χ3n) is 1.94. The predicted molar refractivity (Wildman–Crippen MR) is 61.9 cm³/mol. The zero-order valence-electron chi connectivity index (χ0n) is 8.90. The summed E-state index contributed by atoms with van der Waals surface area (Å²) >= 11 is 1.68. The number of benzene rings is 1. The lowest BCUT2D eigenvalue weighted by Gasteiger charge is -2.08. The van der Waals surface area contributed by atoms with Crippen LogP contribution < -0.4 is 4.74 Å². The Kier molecular flexibility index (Phi) is 5.11. The van der Waals surface area contributed by atoms with Crippen LogP contribution in [-0.2, 0) is 0 Å². The minimum absolute atomic E-state index is 0.0913. The lowest BCUT2D eigenvalue weighted by Crippen LogP contribution is -2.07. The van der Waals surface area contributed by atoms with Crippen molar-refractivity contribution in [3.8, 4) is 5.75 Å². The highest BCUT2D eigenvalue weighted by Crippen LogP contribution is 2.21. The van der Waals surface area contributed by atoms with Gasteiger partial charge >= 0.3 is 5.97 Å². The van der Waals surface area contributed by atoms with Gasteiger partial charge in [0.2, 0.25) is 0 Å². The Labute approximate surface area is 97.6 Å². The molecule has 0 bridgehead atoms. The van der Waals surface area contributed by atoms with Crippen LogP contribution in [-0.4, -0.2) is 29.7 Å². The van der Waals surface area contributed by atoms with Gasteiger partial charge in [-0.1, -0.05) is 6.07 Å². The molecule has 0 saturated carbocycles. The Morgan fingerprint density at radius 2 is 2.31 bits per heavy atom. The van der Waals surface area contributed by atoms with Crippen LogP contribution in [0.25, 0.3) is 0 Å². The van der Waals surface area contributed by atoms with E-state index >= 15 is 0 Å². The molecule has 0 amide bonds. The molecule has 0 fully saturated rings. The molecule has 0 aliphatic rings. The van der Waals surface area contributed by atoms with Gasteiger partial charge in [0, 0.05) is 0 Å². The lowest BCUT2D eigenvalue weighted by atomic mass is 10.2. The predicted octanol–water partition coefficient (Wildman–Crippen LogP) is 2.66. The Balaban J connectivity index is 2.71. The van der Waals surface area contributed by atoms with E-state index in [0.717, 1.165) is 18.2 Å². The Hall–Kier alpha value is -1.23. The number of carboxylic acids is 1. The van der Waals surface area contributed by atoms with Crippen molar-refractivity contribution >= 4 is 17.7 Å². The zero-order chi connectivity index (χ0) is 12.0. The normalized spacial score (nSPS) is 10.1. The summed E-state index contributed by atoms with van der Waals surface area (Å²) in [5.41, 5.74) is -0.397. The summed E-state index contributed by atoms with van der Waals surface area (Å²) in [6.45, 7) is 0.393. The van der Waals surface area contributed by atoms with Crippen molar-refractivity contribution < 1.29 is 19.0 Å². The standard InChI is InChI=1S/C11H13FO3S/c1-16-7-3-6-15-9-5-2-4-8(12)10(9)11(13)14/h2,4-5H,3,6-7H2,1H3,(H,13,14). The largest absolute Gasteiger partial charge is 0.493 e. The van der Waals surface area contributed by atoms with Crippen LogP contribution in [0.1, 0.15) is 16.8 Å². The maximum Gasteiger partial charge on any atom is 0.342 e. The van der Waals surface area contributed by atoms with Gasteiger partial charge in [0.25, 0.3) is 0 Å². The summed E-state index contributed by atoms with van der Waals surface area (Å²) in [7, 11) is 0. The second-order valence-electron chi connectivity index (χ2n) is 3.11. The average molecular weight is 244 g/mol. The first kappa shape index (κ1) is 12.8. The lowest BCUT2D eigenvalue weighted by molar-refractivity contribution is 0.0687. The van der Waals surface area contributed by atoms with Crippen LogP contribution in [0.2, 0.25) is 0 Å². The fourth-order valence-corrected chi connectivity index (χ4v) is 1.62. The molecule has 5 heteroatoms. The molecule has 0 unspecified atom stereocenters. The molecule has 1 rings (SSSR count). The first-order chi connectivity index (χ1) is 7.66. The van der Waals surface area contributed by atoms with Gasteiger partial charge in [-0.2, -0.15) is 11.8 Å². The maximum absolute atomic E-state index is 13.2. The minimum Gasteiger partial charge on any atom is -0.493 e. The first-order valence-electron chi connectivity index (χ1n) is 4.80. The molecular formula is C11H13FO3S. The number of rotatable bonds is 6. The highest BCUT2D eigenvalue weighted by molar-refractivity contribution is 7.98. The Morgan fingerprint density at radius 3 is 2.94 bits per heavy atom. The molecular weight excluding hydrogens is 231 g/mol. The van der Waals surface area contributed by atoms with Gasteiger partial charge in [0.15, 0.2) is 0 Å². The van der Waals surface area contributed by atoms with E-state index in [4.69, 9.17) is 9.84 Å². The van der Waals surface area contributed by atoms with Crippen molar-refractivity contribution in [3.05, 3.63) is 29.6 Å². The number of hydrogen-bond acceptors (Lipinski definition) is 3. The van der Waals surface area contributed by atoms with Gasteiger partial charge < -0.3 is 9.84 Å². The SMILES string of the molecule is CSCCCOc1cccc(F)c1C(=O)O. The zero-order valence-corrected chi connectivity index (χ0v) is 9.72. The van der Waals surface area contributed by atoms with Crippen LogP contribution in [0.15, 0.2) is 18.2 Å². The van der Waals surface area contributed by atoms with Gasteiger partial charge in [-0.25, -0.2) is 9.18 Å². The molecule has 0 aliphatic carbocycles. The monoisotopic (exact) mass is 244 g/mol. The quantitative estimate of drug-likeness (QED) is 0.781. The molecule has 0 radical (unpaired) electrons. The number of hydrogen-bond donors (Lipinski definition) is 1. The van der Waals surface area contributed by atoms with E-state index in [1.54, 1.807) is 11.8 Å². The topological polar surface area (TPSA) is 46.5 Å². The van der Waals surface area contributed by atoms with Crippen molar-refractivity contribution in [2.24, 2.45) is 0 Å². The summed E-state index contributed by atoms with van der Waals surface area (Å²) in [4.78, 5) is 10.8. The molecule has 3 nitrogen and oxygen atoms in total. The van der Waals surface area contributed by atoms with Gasteiger partial charge in [-0.3, -0.25) is 0 Å². The molecule has 0 spiro atoms. The van der Waals surface area contributed by atoms with Crippen molar-refractivity contribution in [1.82, 2.24) is 0 Å². The van der Waals surface area contributed by atoms with Crippen molar-refractivity contribution in [1.29, 1.82) is 0 Å². The van der Waals surface area contributed by atoms with Crippen molar-refractivity contribution in [2.45, 2.75) is 6.42 Å². The summed E-state index contributed by atoms with van der Waals surface area (Å²) in [6, 6.07) is 4.01. The number of carbonyl (C=O) groups is 1. The number of ether oxygens (including phenoxy) is 1. The van der Waals surface area contributed by atoms with Crippen molar-refractivity contribution in [2.75, 3.05) is 18.6 Å². The highest BCUT2D eigenvalue weighted by atomic mass is 32.2. The number of thioether (sulfide) groups is 1. The maximum atomic E-state index is 13.2. The molecule has 16 heavy (non-hydrogen) atoms. The van der Waals surface area contributed by atoms with E-state index in [0.29, 0.717) is 6.61 Å². The van der Waals surface area contributed by atoms with E-state index in [1.807, 2.05) is 6.26 Å². The molecule has 0 heterocycles. The summed E-state index contributed by atoms with van der Waals surface area (Å²) in [5, 5.41) is 8.83. The van der Waals surface area contributed by atoms with Gasteiger partial charge in [-0.05, 0) is 30.6 Å². The number of aromatic carboxylic acids is 1. The molecule has 1 aromatic carbocycles. The fourth-order valence-electron chi connectivity index (χ4n) is 1.22. The summed E-state index contributed by atoms with van der Waals surface area (Å²) in [5.74, 6) is -1.06. The van der Waals surface area contributed by atoms with E-state index in [-0.39, 0.29) is 5.75 Å². The minimum atomic E-state index is -1.31. The van der Waals surface area contributed by atoms with E-state index in [9.17, 15) is 9.18 Å². The van der Waals surface area contributed by atoms with Gasteiger partial charge in [0.05, 0.1) is 6.61 Å². The Morgan fingerprint density at radius 1 is 1.56 bits per heavy atom. The summed E-state index contributed by atoms with van der Waals surface area (Å²) in [6.07, 6.45) is 2.78. The molecule has 0 saturated heterocycles. The molecule has 1 N–H and O–H groups in total. The first-order valence-corrected chi connectivity index (χ1v) is 6.19. The third kappa shape index (κ3) is 3.41. The van der Waals surface area contributed by atoms with Crippen LogP contribution in [0.5, 0.6) is 5.75 Å². The van der Waals surface area contributed by atoms with Crippen LogP contribution >= 0.6 is 11.8 Å².